The van der Waals surface area contributed by atoms with Crippen LogP contribution in [0.4, 0.5) is 5.69 Å². The number of thioether (sulfide) groups is 1. The number of aryl methyl sites for hydroxylation is 1. The Morgan fingerprint density at radius 3 is 2.68 bits per heavy atom. The number of non-ortho nitro benzene ring substituents is 1. The monoisotopic (exact) mass is 407 g/mol. The number of benzene rings is 1. The number of amides is 1. The molecule has 0 aliphatic rings. The van der Waals surface area contributed by atoms with Crippen molar-refractivity contribution < 1.29 is 19.6 Å². The molecule has 0 spiro atoms. The first kappa shape index (κ1) is 21.7. The third-order valence-corrected chi connectivity index (χ3v) is 5.57. The van der Waals surface area contributed by atoms with Gasteiger partial charge in [-0.15, -0.1) is 11.8 Å². The number of hydrogen-bond donors (Lipinski definition) is 2. The van der Waals surface area contributed by atoms with Gasteiger partial charge < -0.3 is 15.0 Å². The van der Waals surface area contributed by atoms with Crippen LogP contribution in [-0.2, 0) is 16.1 Å². The van der Waals surface area contributed by atoms with Gasteiger partial charge in [0, 0.05) is 48.3 Å². The number of carbonyl (C=O) groups excluding carboxylic acids is 1. The molecule has 8 nitrogen and oxygen atoms in total. The maximum atomic E-state index is 11.4. The van der Waals surface area contributed by atoms with Gasteiger partial charge in [0.05, 0.1) is 9.95 Å². The Kier molecular flexibility index (Phi) is 7.86. The first-order valence-electron chi connectivity index (χ1n) is 9.23. The lowest BCUT2D eigenvalue weighted by Gasteiger charge is -2.14. The second-order valence-electron chi connectivity index (χ2n) is 6.62. The van der Waals surface area contributed by atoms with Crippen LogP contribution in [0.25, 0.3) is 10.8 Å². The van der Waals surface area contributed by atoms with Gasteiger partial charge in [-0.25, -0.2) is 4.79 Å². The van der Waals surface area contributed by atoms with Crippen molar-refractivity contribution in [3.05, 3.63) is 34.5 Å². The van der Waals surface area contributed by atoms with Crippen molar-refractivity contribution in [3.8, 4) is 0 Å². The molecule has 1 atom stereocenters. The van der Waals surface area contributed by atoms with E-state index in [0.29, 0.717) is 0 Å². The van der Waals surface area contributed by atoms with Crippen LogP contribution in [0.15, 0.2) is 29.4 Å². The molecular weight excluding hydrogens is 382 g/mol. The molecule has 0 fully saturated rings. The molecule has 2 aromatic rings. The van der Waals surface area contributed by atoms with Crippen LogP contribution in [-0.4, -0.2) is 38.3 Å². The summed E-state index contributed by atoms with van der Waals surface area (Å²) in [5.41, 5.74) is 0.0221. The van der Waals surface area contributed by atoms with Crippen LogP contribution < -0.4 is 5.32 Å². The zero-order valence-corrected chi connectivity index (χ0v) is 16.8. The van der Waals surface area contributed by atoms with E-state index in [2.05, 4.69) is 12.2 Å². The Balaban J connectivity index is 2.29. The summed E-state index contributed by atoms with van der Waals surface area (Å²) in [6, 6.07) is 3.69. The summed E-state index contributed by atoms with van der Waals surface area (Å²) in [5.74, 6) is -1.33. The minimum atomic E-state index is -1.09. The Labute approximate surface area is 167 Å². The molecule has 2 N–H and O–H groups in total. The van der Waals surface area contributed by atoms with Gasteiger partial charge in [0.25, 0.3) is 5.69 Å². The summed E-state index contributed by atoms with van der Waals surface area (Å²) in [6.07, 6.45) is 6.19. The summed E-state index contributed by atoms with van der Waals surface area (Å²) >= 11 is 1.34. The fourth-order valence-electron chi connectivity index (χ4n) is 2.96. The van der Waals surface area contributed by atoms with Crippen molar-refractivity contribution in [2.45, 2.75) is 57.1 Å². The number of aromatic nitrogens is 1. The first-order valence-corrected chi connectivity index (χ1v) is 10.2. The largest absolute Gasteiger partial charge is 0.480 e. The van der Waals surface area contributed by atoms with Crippen molar-refractivity contribution in [1.29, 1.82) is 0 Å². The highest BCUT2D eigenvalue weighted by molar-refractivity contribution is 7.99. The van der Waals surface area contributed by atoms with Crippen molar-refractivity contribution in [1.82, 2.24) is 9.88 Å². The van der Waals surface area contributed by atoms with Gasteiger partial charge in [-0.05, 0) is 12.5 Å². The molecular formula is C19H25N3O5S. The topological polar surface area (TPSA) is 114 Å². The molecule has 9 heteroatoms. The van der Waals surface area contributed by atoms with E-state index >= 15 is 0 Å². The molecule has 0 radical (unpaired) electrons. The van der Waals surface area contributed by atoms with Crippen LogP contribution in [0, 0.1) is 10.1 Å². The standard InChI is InChI=1S/C19H25N3O5S/c1-3-4-5-6-9-21-11-14-10-15(22(26)27)7-8-16(14)18(21)28-12-17(19(24)25)20-13(2)23/h7-8,10-11,17H,3-6,9,12H2,1-2H3,(H,20,23)(H,24,25)/t17-/m0/s1. The quantitative estimate of drug-likeness (QED) is 0.253. The van der Waals surface area contributed by atoms with E-state index < -0.39 is 22.8 Å². The molecule has 0 aliphatic carbocycles. The Hall–Kier alpha value is -2.55. The van der Waals surface area contributed by atoms with Crippen molar-refractivity contribution >= 4 is 40.1 Å². The van der Waals surface area contributed by atoms with E-state index in [0.717, 1.165) is 48.0 Å². The number of carboxylic acid groups (broad SMARTS) is 1. The number of carboxylic acids is 1. The van der Waals surface area contributed by atoms with Gasteiger partial charge in [0.2, 0.25) is 5.91 Å². The summed E-state index contributed by atoms with van der Waals surface area (Å²) in [7, 11) is 0. The molecule has 0 saturated carbocycles. The molecule has 0 saturated heterocycles. The predicted octanol–water partition coefficient (Wildman–Crippen LogP) is 3.81. The first-order chi connectivity index (χ1) is 13.3. The number of rotatable bonds is 11. The molecule has 1 aromatic heterocycles. The number of aliphatic carboxylic acids is 1. The lowest BCUT2D eigenvalue weighted by atomic mass is 10.2. The number of fused-ring (bicyclic) bond motifs is 1. The average Bonchev–Trinajstić information content (AvgIpc) is 2.98. The van der Waals surface area contributed by atoms with Gasteiger partial charge in [0.1, 0.15) is 6.04 Å². The van der Waals surface area contributed by atoms with Gasteiger partial charge >= 0.3 is 5.97 Å². The summed E-state index contributed by atoms with van der Waals surface area (Å²) in [4.78, 5) is 33.3. The second-order valence-corrected chi connectivity index (χ2v) is 7.63. The number of unbranched alkanes of at least 4 members (excludes halogenated alkanes) is 3. The Morgan fingerprint density at radius 1 is 1.32 bits per heavy atom. The summed E-state index contributed by atoms with van der Waals surface area (Å²) in [5, 5.41) is 25.3. The van der Waals surface area contributed by atoms with Gasteiger partial charge in [0.15, 0.2) is 0 Å². The highest BCUT2D eigenvalue weighted by atomic mass is 32.2. The Morgan fingerprint density at radius 2 is 2.07 bits per heavy atom. The van der Waals surface area contributed by atoms with Crippen LogP contribution in [0.2, 0.25) is 0 Å². The van der Waals surface area contributed by atoms with Crippen LogP contribution in [0.5, 0.6) is 0 Å². The zero-order valence-electron chi connectivity index (χ0n) is 16.0. The van der Waals surface area contributed by atoms with E-state index in [9.17, 15) is 24.8 Å². The molecule has 152 valence electrons. The summed E-state index contributed by atoms with van der Waals surface area (Å²) < 4.78 is 2.03. The lowest BCUT2D eigenvalue weighted by molar-refractivity contribution is -0.384. The zero-order chi connectivity index (χ0) is 20.7. The molecule has 1 aromatic carbocycles. The maximum absolute atomic E-state index is 11.4. The van der Waals surface area contributed by atoms with Crippen molar-refractivity contribution in [3.63, 3.8) is 0 Å². The fraction of sp³-hybridized carbons (Fsp3) is 0.474. The van der Waals surface area contributed by atoms with Gasteiger partial charge in [-0.3, -0.25) is 14.9 Å². The third-order valence-electron chi connectivity index (χ3n) is 4.35. The highest BCUT2D eigenvalue weighted by Crippen LogP contribution is 2.33. The van der Waals surface area contributed by atoms with Gasteiger partial charge in [-0.1, -0.05) is 26.2 Å². The van der Waals surface area contributed by atoms with Crippen molar-refractivity contribution in [2.75, 3.05) is 5.75 Å². The number of hydrogen-bond acceptors (Lipinski definition) is 5. The molecule has 2 rings (SSSR count). The molecule has 1 amide bonds. The second kappa shape index (κ2) is 10.1. The number of nitro benzene ring substituents is 1. The normalized spacial score (nSPS) is 12.1. The molecule has 1 heterocycles. The SMILES string of the molecule is CCCCCCn1cc2cc([N+](=O)[O-])ccc2c1SC[C@H](NC(C)=O)C(=O)O. The van der Waals surface area contributed by atoms with Crippen LogP contribution >= 0.6 is 11.8 Å². The average molecular weight is 407 g/mol. The molecule has 0 bridgehead atoms. The fourth-order valence-corrected chi connectivity index (χ4v) is 4.17. The maximum Gasteiger partial charge on any atom is 0.327 e. The van der Waals surface area contributed by atoms with E-state index in [1.807, 2.05) is 10.8 Å². The number of nitrogens with one attached hydrogen (secondary N) is 1. The smallest absolute Gasteiger partial charge is 0.327 e. The Bertz CT molecular complexity index is 865. The summed E-state index contributed by atoms with van der Waals surface area (Å²) in [6.45, 7) is 4.17. The van der Waals surface area contributed by atoms with E-state index in [4.69, 9.17) is 0 Å². The number of nitro groups is 1. The minimum Gasteiger partial charge on any atom is -0.480 e. The van der Waals surface area contributed by atoms with E-state index in [1.165, 1.54) is 30.8 Å². The van der Waals surface area contributed by atoms with E-state index in [-0.39, 0.29) is 11.4 Å². The number of carbonyl (C=O) groups is 2. The molecule has 0 aliphatic heterocycles. The lowest BCUT2D eigenvalue weighted by Crippen LogP contribution is -2.41. The van der Waals surface area contributed by atoms with Crippen LogP contribution in [0.3, 0.4) is 0 Å². The highest BCUT2D eigenvalue weighted by Gasteiger charge is 2.21. The molecule has 28 heavy (non-hydrogen) atoms. The van der Waals surface area contributed by atoms with Gasteiger partial charge in [-0.2, -0.15) is 0 Å². The minimum absolute atomic E-state index is 0.0221. The van der Waals surface area contributed by atoms with E-state index in [1.54, 1.807) is 6.07 Å². The van der Waals surface area contributed by atoms with Crippen LogP contribution in [0.1, 0.15) is 39.5 Å². The number of nitrogens with zero attached hydrogens (tertiary/aromatic N) is 2. The third kappa shape index (κ3) is 5.72. The molecule has 0 unspecified atom stereocenters. The predicted molar refractivity (Wildman–Crippen MR) is 109 cm³/mol. The van der Waals surface area contributed by atoms with Crippen molar-refractivity contribution in [2.24, 2.45) is 0 Å².